The molecule has 34 heavy (non-hydrogen) atoms. The lowest BCUT2D eigenvalue weighted by Crippen LogP contribution is -2.31. The van der Waals surface area contributed by atoms with E-state index in [0.717, 1.165) is 16.7 Å². The first-order valence-corrected chi connectivity index (χ1v) is 13.7. The van der Waals surface area contributed by atoms with Gasteiger partial charge >= 0.3 is 0 Å². The van der Waals surface area contributed by atoms with Gasteiger partial charge in [-0.2, -0.15) is 0 Å². The van der Waals surface area contributed by atoms with E-state index in [9.17, 15) is 18.9 Å². The maximum absolute atomic E-state index is 12.3. The maximum Gasteiger partial charge on any atom is 0.268 e. The van der Waals surface area contributed by atoms with Crippen LogP contribution in [-0.4, -0.2) is 36.6 Å². The predicted octanol–water partition coefficient (Wildman–Crippen LogP) is 2.92. The van der Waals surface area contributed by atoms with Crippen molar-refractivity contribution in [2.45, 2.75) is 51.8 Å². The van der Waals surface area contributed by atoms with Crippen LogP contribution in [0.15, 0.2) is 48.5 Å². The summed E-state index contributed by atoms with van der Waals surface area (Å²) in [5, 5.41) is 9.14. The third-order valence-corrected chi connectivity index (χ3v) is 7.08. The van der Waals surface area contributed by atoms with E-state index in [-0.39, 0.29) is 26.2 Å². The molecule has 1 aliphatic rings. The minimum absolute atomic E-state index is 0.0272. The topological polar surface area (TPSA) is 147 Å². The van der Waals surface area contributed by atoms with Crippen molar-refractivity contribution in [3.8, 4) is 11.1 Å². The molecule has 0 bridgehead atoms. The SMILES string of the molecule is CC(C)OP(=O)([O-])OC[C@H]1OCC[C@@H]1OP(=O)([O-])OCc1ccc(-c2ccc(CO)cc2)cc1. The van der Waals surface area contributed by atoms with Crippen LogP contribution < -0.4 is 9.79 Å². The molecular formula is C22H28O10P2-2. The summed E-state index contributed by atoms with van der Waals surface area (Å²) in [6, 6.07) is 14.6. The Morgan fingerprint density at radius 1 is 0.971 bits per heavy atom. The third-order valence-electron chi connectivity index (χ3n) is 4.96. The lowest BCUT2D eigenvalue weighted by molar-refractivity contribution is -0.235. The number of phosphoric acid groups is 2. The summed E-state index contributed by atoms with van der Waals surface area (Å²) in [7, 11) is -9.24. The van der Waals surface area contributed by atoms with Crippen molar-refractivity contribution in [2.75, 3.05) is 13.2 Å². The first-order valence-electron chi connectivity index (χ1n) is 10.8. The van der Waals surface area contributed by atoms with E-state index in [2.05, 4.69) is 0 Å². The van der Waals surface area contributed by atoms with Gasteiger partial charge in [0.05, 0.1) is 32.0 Å². The summed E-state index contributed by atoms with van der Waals surface area (Å²) in [5.41, 5.74) is 3.32. The minimum Gasteiger partial charge on any atom is -0.756 e. The molecule has 0 aliphatic carbocycles. The number of benzene rings is 2. The first-order chi connectivity index (χ1) is 16.1. The number of aliphatic hydroxyl groups excluding tert-OH is 1. The average molecular weight is 514 g/mol. The summed E-state index contributed by atoms with van der Waals surface area (Å²) >= 11 is 0. The third kappa shape index (κ3) is 8.36. The van der Waals surface area contributed by atoms with Crippen molar-refractivity contribution >= 4 is 15.6 Å². The molecular weight excluding hydrogens is 486 g/mol. The van der Waals surface area contributed by atoms with Gasteiger partial charge in [0.15, 0.2) is 0 Å². The molecule has 1 heterocycles. The normalized spacial score (nSPS) is 21.9. The molecule has 4 atom stereocenters. The molecule has 188 valence electrons. The quantitative estimate of drug-likeness (QED) is 0.419. The molecule has 1 N–H and O–H groups in total. The molecule has 1 fully saturated rings. The Bertz CT molecular complexity index is 1010. The van der Waals surface area contributed by atoms with E-state index in [1.165, 1.54) is 0 Å². The lowest BCUT2D eigenvalue weighted by atomic mass is 10.0. The van der Waals surface area contributed by atoms with Crippen LogP contribution in [0.3, 0.4) is 0 Å². The van der Waals surface area contributed by atoms with Crippen LogP contribution in [0.4, 0.5) is 0 Å². The van der Waals surface area contributed by atoms with Gasteiger partial charge in [0.1, 0.15) is 6.10 Å². The first kappa shape index (κ1) is 27.2. The number of aliphatic hydroxyl groups is 1. The van der Waals surface area contributed by atoms with E-state index in [1.54, 1.807) is 26.0 Å². The molecule has 10 nitrogen and oxygen atoms in total. The molecule has 0 spiro atoms. The highest BCUT2D eigenvalue weighted by atomic mass is 31.2. The van der Waals surface area contributed by atoms with E-state index >= 15 is 0 Å². The van der Waals surface area contributed by atoms with Crippen molar-refractivity contribution in [2.24, 2.45) is 0 Å². The lowest BCUT2D eigenvalue weighted by Gasteiger charge is -2.30. The standard InChI is InChI=1S/C22H30O10P2/c1-16(2)31-33(24,25)30-15-22-21(11-12-28-22)32-34(26,27)29-14-18-5-9-20(10-6-18)19-7-3-17(13-23)4-8-19/h3-10,16,21-23H,11-15H2,1-2H3,(H,24,25)(H,26,27)/p-2/t21-,22+/m0/s1. The van der Waals surface area contributed by atoms with Crippen LogP contribution in [0.5, 0.6) is 0 Å². The fourth-order valence-electron chi connectivity index (χ4n) is 3.30. The fourth-order valence-corrected chi connectivity index (χ4v) is 5.15. The molecule has 12 heteroatoms. The Balaban J connectivity index is 1.51. The molecule has 0 aromatic heterocycles. The summed E-state index contributed by atoms with van der Waals surface area (Å²) < 4.78 is 49.0. The van der Waals surface area contributed by atoms with Crippen molar-refractivity contribution < 1.29 is 46.9 Å². The minimum atomic E-state index is -4.70. The number of rotatable bonds is 12. The van der Waals surface area contributed by atoms with Crippen LogP contribution in [0.1, 0.15) is 31.4 Å². The monoisotopic (exact) mass is 514 g/mol. The number of hydrogen-bond donors (Lipinski definition) is 1. The van der Waals surface area contributed by atoms with Gasteiger partial charge in [-0.25, -0.2) is 0 Å². The second-order valence-electron chi connectivity index (χ2n) is 8.01. The summed E-state index contributed by atoms with van der Waals surface area (Å²) in [6.45, 7) is 2.59. The summed E-state index contributed by atoms with van der Waals surface area (Å²) in [6.07, 6.45) is -2.19. The van der Waals surface area contributed by atoms with E-state index in [1.807, 2.05) is 36.4 Å². The Hall–Kier alpha value is -1.42. The van der Waals surface area contributed by atoms with Gasteiger partial charge in [-0.3, -0.25) is 9.13 Å². The number of phosphoric ester groups is 2. The molecule has 0 amide bonds. The van der Waals surface area contributed by atoms with Gasteiger partial charge in [-0.15, -0.1) is 0 Å². The number of hydrogen-bond acceptors (Lipinski definition) is 10. The second-order valence-corrected chi connectivity index (χ2v) is 10.7. The highest BCUT2D eigenvalue weighted by Crippen LogP contribution is 2.45. The molecule has 3 rings (SSSR count). The van der Waals surface area contributed by atoms with Crippen LogP contribution in [-0.2, 0) is 45.2 Å². The van der Waals surface area contributed by atoms with Gasteiger partial charge in [0.25, 0.3) is 15.6 Å². The molecule has 2 aromatic rings. The van der Waals surface area contributed by atoms with Crippen molar-refractivity contribution in [3.63, 3.8) is 0 Å². The average Bonchev–Trinajstić information content (AvgIpc) is 3.22. The maximum atomic E-state index is 12.3. The molecule has 0 radical (unpaired) electrons. The fraction of sp³-hybridized carbons (Fsp3) is 0.455. The van der Waals surface area contributed by atoms with Crippen LogP contribution in [0.2, 0.25) is 0 Å². The predicted molar refractivity (Wildman–Crippen MR) is 119 cm³/mol. The second kappa shape index (κ2) is 12.0. The zero-order valence-corrected chi connectivity index (χ0v) is 20.7. The zero-order valence-electron chi connectivity index (χ0n) is 18.9. The van der Waals surface area contributed by atoms with E-state index in [4.69, 9.17) is 27.9 Å². The van der Waals surface area contributed by atoms with Crippen LogP contribution >= 0.6 is 15.6 Å². The van der Waals surface area contributed by atoms with E-state index < -0.39 is 40.6 Å². The Morgan fingerprint density at radius 3 is 2.12 bits per heavy atom. The van der Waals surface area contributed by atoms with Crippen LogP contribution in [0, 0.1) is 0 Å². The van der Waals surface area contributed by atoms with Crippen LogP contribution in [0.25, 0.3) is 11.1 Å². The molecule has 1 aliphatic heterocycles. The van der Waals surface area contributed by atoms with Gasteiger partial charge in [0.2, 0.25) is 0 Å². The summed E-state index contributed by atoms with van der Waals surface area (Å²) in [5.74, 6) is 0. The Morgan fingerprint density at radius 2 is 1.56 bits per heavy atom. The van der Waals surface area contributed by atoms with Gasteiger partial charge in [-0.05, 0) is 36.1 Å². The highest BCUT2D eigenvalue weighted by Gasteiger charge is 2.34. The number of ether oxygens (including phenoxy) is 1. The van der Waals surface area contributed by atoms with E-state index in [0.29, 0.717) is 5.56 Å². The largest absolute Gasteiger partial charge is 0.756 e. The van der Waals surface area contributed by atoms with Crippen molar-refractivity contribution in [3.05, 3.63) is 59.7 Å². The van der Waals surface area contributed by atoms with Crippen molar-refractivity contribution in [1.82, 2.24) is 0 Å². The Kier molecular flexibility index (Phi) is 9.60. The molecule has 1 saturated heterocycles. The smallest absolute Gasteiger partial charge is 0.268 e. The van der Waals surface area contributed by atoms with Gasteiger partial charge in [-0.1, -0.05) is 48.5 Å². The molecule has 2 unspecified atom stereocenters. The summed E-state index contributed by atoms with van der Waals surface area (Å²) in [4.78, 5) is 24.1. The Labute approximate surface area is 198 Å². The van der Waals surface area contributed by atoms with Crippen molar-refractivity contribution in [1.29, 1.82) is 0 Å². The highest BCUT2D eigenvalue weighted by molar-refractivity contribution is 7.46. The van der Waals surface area contributed by atoms with Gasteiger partial charge in [0, 0.05) is 13.0 Å². The molecule has 2 aromatic carbocycles. The zero-order chi connectivity index (χ0) is 24.8. The van der Waals surface area contributed by atoms with Gasteiger partial charge < -0.3 is 37.7 Å². The molecule has 0 saturated carbocycles.